The summed E-state index contributed by atoms with van der Waals surface area (Å²) >= 11 is 0. The van der Waals surface area contributed by atoms with E-state index in [9.17, 15) is 4.79 Å². The first kappa shape index (κ1) is 10.9. The topological polar surface area (TPSA) is 85.4 Å². The van der Waals surface area contributed by atoms with Crippen LogP contribution in [0.25, 0.3) is 0 Å². The van der Waals surface area contributed by atoms with Gasteiger partial charge in [0.05, 0.1) is 13.2 Å². The summed E-state index contributed by atoms with van der Waals surface area (Å²) in [6.07, 6.45) is 1.67. The molecule has 1 aliphatic rings. The van der Waals surface area contributed by atoms with Gasteiger partial charge in [-0.3, -0.25) is 14.9 Å². The van der Waals surface area contributed by atoms with Crippen LogP contribution < -0.4 is 11.2 Å². The van der Waals surface area contributed by atoms with E-state index in [1.807, 2.05) is 5.01 Å². The maximum atomic E-state index is 11.6. The molecule has 16 heavy (non-hydrogen) atoms. The highest BCUT2D eigenvalue weighted by atomic mass is 16.5. The Kier molecular flexibility index (Phi) is 3.37. The second-order valence-corrected chi connectivity index (χ2v) is 3.57. The highest BCUT2D eigenvalue weighted by Crippen LogP contribution is 1.96. The molecule has 7 nitrogen and oxygen atoms in total. The van der Waals surface area contributed by atoms with Gasteiger partial charge in [0, 0.05) is 19.3 Å². The number of ether oxygens (including phenoxy) is 1. The Morgan fingerprint density at radius 1 is 1.56 bits per heavy atom. The van der Waals surface area contributed by atoms with Gasteiger partial charge in [0.15, 0.2) is 0 Å². The lowest BCUT2D eigenvalue weighted by atomic mass is 10.5. The predicted octanol–water partition coefficient (Wildman–Crippen LogP) is -1.17. The van der Waals surface area contributed by atoms with Crippen molar-refractivity contribution in [3.05, 3.63) is 12.3 Å². The molecule has 0 unspecified atom stereocenters. The SMILES string of the molecule is Nc1ccn(CC(=O)NN2CCOCC2)n1. The Labute approximate surface area is 93.1 Å². The highest BCUT2D eigenvalue weighted by molar-refractivity contribution is 5.75. The molecule has 1 fully saturated rings. The molecule has 3 N–H and O–H groups in total. The third kappa shape index (κ3) is 2.94. The number of aromatic nitrogens is 2. The van der Waals surface area contributed by atoms with Crippen molar-refractivity contribution in [1.29, 1.82) is 0 Å². The largest absolute Gasteiger partial charge is 0.382 e. The van der Waals surface area contributed by atoms with Crippen LogP contribution in [0.2, 0.25) is 0 Å². The number of hydrogen-bond acceptors (Lipinski definition) is 5. The maximum absolute atomic E-state index is 11.6. The zero-order valence-electron chi connectivity index (χ0n) is 8.93. The molecule has 1 aliphatic heterocycles. The Hall–Kier alpha value is -1.60. The molecule has 0 aliphatic carbocycles. The van der Waals surface area contributed by atoms with Gasteiger partial charge in [0.2, 0.25) is 0 Å². The van der Waals surface area contributed by atoms with Gasteiger partial charge in [-0.2, -0.15) is 5.10 Å². The van der Waals surface area contributed by atoms with Crippen molar-refractivity contribution in [2.45, 2.75) is 6.54 Å². The van der Waals surface area contributed by atoms with Gasteiger partial charge in [0.25, 0.3) is 5.91 Å². The summed E-state index contributed by atoms with van der Waals surface area (Å²) in [6, 6.07) is 1.65. The number of nitrogen functional groups attached to an aromatic ring is 1. The standard InChI is InChI=1S/C9H15N5O2/c10-8-1-2-14(11-8)7-9(15)12-13-3-5-16-6-4-13/h1-2H,3-7H2,(H2,10,11)(H,12,15). The molecule has 0 saturated carbocycles. The van der Waals surface area contributed by atoms with E-state index in [4.69, 9.17) is 10.5 Å². The number of morpholine rings is 1. The van der Waals surface area contributed by atoms with E-state index in [2.05, 4.69) is 10.5 Å². The first-order valence-corrected chi connectivity index (χ1v) is 5.15. The van der Waals surface area contributed by atoms with E-state index >= 15 is 0 Å². The summed E-state index contributed by atoms with van der Waals surface area (Å²) in [7, 11) is 0. The van der Waals surface area contributed by atoms with Gasteiger partial charge in [-0.1, -0.05) is 0 Å². The van der Waals surface area contributed by atoms with Gasteiger partial charge in [-0.15, -0.1) is 0 Å². The van der Waals surface area contributed by atoms with E-state index in [-0.39, 0.29) is 12.5 Å². The van der Waals surface area contributed by atoms with Crippen molar-refractivity contribution in [2.24, 2.45) is 0 Å². The number of rotatable bonds is 3. The Balaban J connectivity index is 1.79. The lowest BCUT2D eigenvalue weighted by Crippen LogP contribution is -2.49. The summed E-state index contributed by atoms with van der Waals surface area (Å²) in [5.41, 5.74) is 8.24. The molecule has 1 aromatic rings. The van der Waals surface area contributed by atoms with Crippen molar-refractivity contribution < 1.29 is 9.53 Å². The first-order valence-electron chi connectivity index (χ1n) is 5.15. The number of nitrogens with one attached hydrogen (secondary N) is 1. The fourth-order valence-corrected chi connectivity index (χ4v) is 1.50. The lowest BCUT2D eigenvalue weighted by molar-refractivity contribution is -0.128. The summed E-state index contributed by atoms with van der Waals surface area (Å²) in [4.78, 5) is 11.6. The number of amides is 1. The number of anilines is 1. The fraction of sp³-hybridized carbons (Fsp3) is 0.556. The average molecular weight is 225 g/mol. The van der Waals surface area contributed by atoms with Crippen LogP contribution in [0.3, 0.4) is 0 Å². The van der Waals surface area contributed by atoms with Crippen molar-refractivity contribution in [1.82, 2.24) is 20.2 Å². The number of hydrazine groups is 1. The van der Waals surface area contributed by atoms with Crippen LogP contribution in [-0.4, -0.2) is 47.0 Å². The normalized spacial score (nSPS) is 17.2. The number of nitrogens with zero attached hydrogens (tertiary/aromatic N) is 3. The molecule has 88 valence electrons. The zero-order chi connectivity index (χ0) is 11.4. The Morgan fingerprint density at radius 2 is 2.31 bits per heavy atom. The van der Waals surface area contributed by atoms with Crippen LogP contribution in [0, 0.1) is 0 Å². The third-order valence-electron chi connectivity index (χ3n) is 2.26. The second kappa shape index (κ2) is 4.95. The Bertz CT molecular complexity index is 359. The molecular formula is C9H15N5O2. The number of hydrogen-bond donors (Lipinski definition) is 2. The van der Waals surface area contributed by atoms with Gasteiger partial charge >= 0.3 is 0 Å². The van der Waals surface area contributed by atoms with E-state index in [1.54, 1.807) is 12.3 Å². The number of carbonyl (C=O) groups is 1. The van der Waals surface area contributed by atoms with Crippen LogP contribution in [-0.2, 0) is 16.1 Å². The monoisotopic (exact) mass is 225 g/mol. The third-order valence-corrected chi connectivity index (χ3v) is 2.26. The van der Waals surface area contributed by atoms with Gasteiger partial charge in [0.1, 0.15) is 12.4 Å². The predicted molar refractivity (Wildman–Crippen MR) is 57.2 cm³/mol. The molecule has 1 saturated heterocycles. The molecule has 1 amide bonds. The van der Waals surface area contributed by atoms with Crippen LogP contribution in [0.4, 0.5) is 5.82 Å². The van der Waals surface area contributed by atoms with Crippen molar-refractivity contribution >= 4 is 11.7 Å². The van der Waals surface area contributed by atoms with E-state index in [0.29, 0.717) is 32.1 Å². The molecule has 7 heteroatoms. The van der Waals surface area contributed by atoms with E-state index in [1.165, 1.54) is 4.68 Å². The number of carbonyl (C=O) groups excluding carboxylic acids is 1. The highest BCUT2D eigenvalue weighted by Gasteiger charge is 2.13. The summed E-state index contributed by atoms with van der Waals surface area (Å²) in [5, 5.41) is 5.78. The summed E-state index contributed by atoms with van der Waals surface area (Å²) in [5.74, 6) is 0.309. The average Bonchev–Trinajstić information content (AvgIpc) is 2.65. The Morgan fingerprint density at radius 3 is 2.94 bits per heavy atom. The summed E-state index contributed by atoms with van der Waals surface area (Å²) < 4.78 is 6.68. The molecule has 1 aromatic heterocycles. The van der Waals surface area contributed by atoms with Crippen molar-refractivity contribution in [2.75, 3.05) is 32.0 Å². The molecule has 0 bridgehead atoms. The van der Waals surface area contributed by atoms with Crippen LogP contribution in [0.1, 0.15) is 0 Å². The zero-order valence-corrected chi connectivity index (χ0v) is 8.93. The van der Waals surface area contributed by atoms with Gasteiger partial charge in [-0.25, -0.2) is 5.01 Å². The molecule has 0 aromatic carbocycles. The fourth-order valence-electron chi connectivity index (χ4n) is 1.50. The van der Waals surface area contributed by atoms with Crippen molar-refractivity contribution in [3.8, 4) is 0 Å². The second-order valence-electron chi connectivity index (χ2n) is 3.57. The van der Waals surface area contributed by atoms with E-state index in [0.717, 1.165) is 0 Å². The lowest BCUT2D eigenvalue weighted by Gasteiger charge is -2.26. The van der Waals surface area contributed by atoms with Crippen molar-refractivity contribution in [3.63, 3.8) is 0 Å². The minimum Gasteiger partial charge on any atom is -0.382 e. The van der Waals surface area contributed by atoms with Crippen LogP contribution >= 0.6 is 0 Å². The van der Waals surface area contributed by atoms with Gasteiger partial charge in [-0.05, 0) is 6.07 Å². The maximum Gasteiger partial charge on any atom is 0.255 e. The first-order chi connectivity index (χ1) is 7.74. The minimum absolute atomic E-state index is 0.106. The molecule has 2 heterocycles. The molecule has 0 radical (unpaired) electrons. The van der Waals surface area contributed by atoms with Crippen LogP contribution in [0.5, 0.6) is 0 Å². The molecule has 0 atom stereocenters. The molecular weight excluding hydrogens is 210 g/mol. The van der Waals surface area contributed by atoms with Crippen LogP contribution in [0.15, 0.2) is 12.3 Å². The minimum atomic E-state index is -0.106. The summed E-state index contributed by atoms with van der Waals surface area (Å²) in [6.45, 7) is 2.90. The smallest absolute Gasteiger partial charge is 0.255 e. The number of nitrogens with two attached hydrogens (primary N) is 1. The molecule has 2 rings (SSSR count). The molecule has 0 spiro atoms. The van der Waals surface area contributed by atoms with Gasteiger partial charge < -0.3 is 10.5 Å². The van der Waals surface area contributed by atoms with E-state index < -0.39 is 0 Å². The quantitative estimate of drug-likeness (QED) is 0.677.